The molecule has 4 bridgehead atoms. The maximum atomic E-state index is 6.00. The average molecular weight is 378 g/mol. The van der Waals surface area contributed by atoms with Crippen molar-refractivity contribution in [3.8, 4) is 5.75 Å². The monoisotopic (exact) mass is 377 g/mol. The molecule has 2 nitrogen and oxygen atoms in total. The molecule has 4 fully saturated rings. The van der Waals surface area contributed by atoms with Crippen molar-refractivity contribution in [3.63, 3.8) is 0 Å². The molecule has 126 valence electrons. The van der Waals surface area contributed by atoms with Crippen LogP contribution < -0.4 is 10.1 Å². The molecule has 4 aliphatic carbocycles. The van der Waals surface area contributed by atoms with Gasteiger partial charge in [0.15, 0.2) is 0 Å². The average Bonchev–Trinajstić information content (AvgIpc) is 2.48. The van der Waals surface area contributed by atoms with Gasteiger partial charge in [-0.05, 0) is 87.8 Å². The Labute approximate surface area is 148 Å². The zero-order chi connectivity index (χ0) is 16.0. The van der Waals surface area contributed by atoms with Crippen LogP contribution in [0.25, 0.3) is 0 Å². The van der Waals surface area contributed by atoms with Gasteiger partial charge in [0.2, 0.25) is 0 Å². The fourth-order valence-electron chi connectivity index (χ4n) is 5.54. The lowest BCUT2D eigenvalue weighted by Crippen LogP contribution is -2.54. The number of hydrogen-bond donors (Lipinski definition) is 1. The highest BCUT2D eigenvalue weighted by atomic mass is 79.9. The van der Waals surface area contributed by atoms with Crippen molar-refractivity contribution >= 4 is 15.9 Å². The molecule has 3 heteroatoms. The molecular weight excluding hydrogens is 350 g/mol. The first-order valence-electron chi connectivity index (χ1n) is 9.27. The van der Waals surface area contributed by atoms with E-state index in [0.717, 1.165) is 46.5 Å². The largest absolute Gasteiger partial charge is 0.491 e. The van der Waals surface area contributed by atoms with Crippen LogP contribution in [0.4, 0.5) is 0 Å². The molecule has 0 amide bonds. The van der Waals surface area contributed by atoms with E-state index in [0.29, 0.717) is 0 Å². The number of hydrogen-bond acceptors (Lipinski definition) is 2. The summed E-state index contributed by atoms with van der Waals surface area (Å²) in [5.41, 5.74) is 1.28. The van der Waals surface area contributed by atoms with Gasteiger partial charge in [0.1, 0.15) is 5.75 Å². The lowest BCUT2D eigenvalue weighted by atomic mass is 9.54. The van der Waals surface area contributed by atoms with Crippen LogP contribution >= 0.6 is 15.9 Å². The van der Waals surface area contributed by atoms with Crippen molar-refractivity contribution in [1.82, 2.24) is 5.32 Å². The minimum absolute atomic E-state index is 0.219. The second kappa shape index (κ2) is 6.40. The fraction of sp³-hybridized carbons (Fsp3) is 0.700. The molecule has 4 aliphatic rings. The number of halogens is 1. The summed E-state index contributed by atoms with van der Waals surface area (Å²) in [5, 5.41) is 3.92. The highest BCUT2D eigenvalue weighted by Gasteiger charge is 2.47. The van der Waals surface area contributed by atoms with E-state index >= 15 is 0 Å². The second-order valence-corrected chi connectivity index (χ2v) is 9.17. The third-order valence-electron chi connectivity index (χ3n) is 6.14. The second-order valence-electron chi connectivity index (χ2n) is 8.26. The Kier molecular flexibility index (Phi) is 4.44. The number of ether oxygens (including phenoxy) is 1. The third kappa shape index (κ3) is 3.32. The van der Waals surface area contributed by atoms with Crippen LogP contribution in [0.2, 0.25) is 0 Å². The van der Waals surface area contributed by atoms with Gasteiger partial charge in [-0.1, -0.05) is 15.9 Å². The zero-order valence-electron chi connectivity index (χ0n) is 14.2. The van der Waals surface area contributed by atoms with Crippen molar-refractivity contribution in [2.75, 3.05) is 0 Å². The molecule has 0 aromatic heterocycles. The highest BCUT2D eigenvalue weighted by molar-refractivity contribution is 9.10. The fourth-order valence-corrected chi connectivity index (χ4v) is 5.95. The van der Waals surface area contributed by atoms with Crippen molar-refractivity contribution in [2.24, 2.45) is 23.7 Å². The summed E-state index contributed by atoms with van der Waals surface area (Å²) in [4.78, 5) is 0. The molecule has 0 radical (unpaired) electrons. The SMILES string of the molecule is CC(C)Oc1ccc(Br)cc1CNC1C2CC3CC(C2)CC1C3. The van der Waals surface area contributed by atoms with E-state index in [9.17, 15) is 0 Å². The Morgan fingerprint density at radius 3 is 2.35 bits per heavy atom. The summed E-state index contributed by atoms with van der Waals surface area (Å²) in [6.45, 7) is 5.11. The zero-order valence-corrected chi connectivity index (χ0v) is 15.8. The summed E-state index contributed by atoms with van der Waals surface area (Å²) >= 11 is 3.61. The van der Waals surface area contributed by atoms with Gasteiger partial charge < -0.3 is 10.1 Å². The quantitative estimate of drug-likeness (QED) is 0.765. The van der Waals surface area contributed by atoms with Crippen LogP contribution in [0.15, 0.2) is 22.7 Å². The topological polar surface area (TPSA) is 21.3 Å². The predicted molar refractivity (Wildman–Crippen MR) is 97.6 cm³/mol. The van der Waals surface area contributed by atoms with Crippen molar-refractivity contribution in [1.29, 1.82) is 0 Å². The summed E-state index contributed by atoms with van der Waals surface area (Å²) in [5.74, 6) is 4.96. The van der Waals surface area contributed by atoms with E-state index in [1.807, 2.05) is 0 Å². The Hall–Kier alpha value is -0.540. The molecule has 0 aliphatic heterocycles. The number of rotatable bonds is 5. The molecule has 0 atom stereocenters. The van der Waals surface area contributed by atoms with Crippen LogP contribution in [0.3, 0.4) is 0 Å². The first-order chi connectivity index (χ1) is 11.1. The van der Waals surface area contributed by atoms with Gasteiger partial charge in [0.25, 0.3) is 0 Å². The summed E-state index contributed by atoms with van der Waals surface area (Å²) in [7, 11) is 0. The molecule has 1 aromatic rings. The van der Waals surface area contributed by atoms with Crippen LogP contribution in [0.5, 0.6) is 5.75 Å². The number of nitrogens with one attached hydrogen (secondary N) is 1. The van der Waals surface area contributed by atoms with Gasteiger partial charge >= 0.3 is 0 Å². The molecule has 0 unspecified atom stereocenters. The molecule has 0 heterocycles. The maximum absolute atomic E-state index is 6.00. The lowest BCUT2D eigenvalue weighted by Gasteiger charge is -2.54. The van der Waals surface area contributed by atoms with Gasteiger partial charge in [-0.25, -0.2) is 0 Å². The Balaban J connectivity index is 1.46. The standard InChI is InChI=1S/C20H28BrNO/c1-12(2)23-19-4-3-18(21)10-17(19)11-22-20-15-6-13-5-14(8-15)9-16(20)7-13/h3-4,10,12-16,20,22H,5-9,11H2,1-2H3. The van der Waals surface area contributed by atoms with E-state index in [-0.39, 0.29) is 6.10 Å². The summed E-state index contributed by atoms with van der Waals surface area (Å²) in [6.07, 6.45) is 7.63. The molecule has 0 spiro atoms. The van der Waals surface area contributed by atoms with Gasteiger partial charge in [0, 0.05) is 22.6 Å². The van der Waals surface area contributed by atoms with Gasteiger partial charge in [-0.15, -0.1) is 0 Å². The minimum Gasteiger partial charge on any atom is -0.491 e. The minimum atomic E-state index is 0.219. The normalized spacial score (nSPS) is 35.0. The van der Waals surface area contributed by atoms with E-state index < -0.39 is 0 Å². The van der Waals surface area contributed by atoms with Crippen molar-refractivity contribution in [3.05, 3.63) is 28.2 Å². The number of benzene rings is 1. The van der Waals surface area contributed by atoms with Gasteiger partial charge in [-0.2, -0.15) is 0 Å². The predicted octanol–water partition coefficient (Wildman–Crippen LogP) is 5.15. The smallest absolute Gasteiger partial charge is 0.124 e. The van der Waals surface area contributed by atoms with Crippen molar-refractivity contribution < 1.29 is 4.74 Å². The van der Waals surface area contributed by atoms with Gasteiger partial charge in [-0.3, -0.25) is 0 Å². The van der Waals surface area contributed by atoms with E-state index in [1.165, 1.54) is 37.7 Å². The molecule has 1 N–H and O–H groups in total. The summed E-state index contributed by atoms with van der Waals surface area (Å²) in [6, 6.07) is 7.11. The van der Waals surface area contributed by atoms with Crippen LogP contribution in [-0.2, 0) is 6.54 Å². The van der Waals surface area contributed by atoms with Crippen LogP contribution in [-0.4, -0.2) is 12.1 Å². The Morgan fingerprint density at radius 1 is 1.09 bits per heavy atom. The molecule has 0 saturated heterocycles. The Morgan fingerprint density at radius 2 is 1.74 bits per heavy atom. The first-order valence-corrected chi connectivity index (χ1v) is 10.1. The maximum Gasteiger partial charge on any atom is 0.124 e. The van der Waals surface area contributed by atoms with Crippen LogP contribution in [0.1, 0.15) is 51.5 Å². The van der Waals surface area contributed by atoms with E-state index in [1.54, 1.807) is 0 Å². The highest BCUT2D eigenvalue weighted by Crippen LogP contribution is 2.53. The molecule has 4 saturated carbocycles. The lowest BCUT2D eigenvalue weighted by molar-refractivity contribution is -0.0143. The van der Waals surface area contributed by atoms with Crippen molar-refractivity contribution in [2.45, 2.75) is 64.6 Å². The first kappa shape index (κ1) is 16.0. The Bertz CT molecular complexity index is 543. The molecule has 23 heavy (non-hydrogen) atoms. The van der Waals surface area contributed by atoms with E-state index in [2.05, 4.69) is 53.3 Å². The molecular formula is C20H28BrNO. The third-order valence-corrected chi connectivity index (χ3v) is 6.63. The molecule has 1 aromatic carbocycles. The van der Waals surface area contributed by atoms with Crippen LogP contribution in [0, 0.1) is 23.7 Å². The molecule has 5 rings (SSSR count). The van der Waals surface area contributed by atoms with E-state index in [4.69, 9.17) is 4.74 Å². The van der Waals surface area contributed by atoms with Gasteiger partial charge in [0.05, 0.1) is 6.10 Å². The summed E-state index contributed by atoms with van der Waals surface area (Å²) < 4.78 is 7.13.